The smallest absolute Gasteiger partial charge is 0.186 e. The third kappa shape index (κ3) is 4.77. The van der Waals surface area contributed by atoms with Gasteiger partial charge in [-0.2, -0.15) is 0 Å². The van der Waals surface area contributed by atoms with Crippen LogP contribution in [-0.2, 0) is 4.43 Å². The van der Waals surface area contributed by atoms with E-state index in [-0.39, 0.29) is 0 Å². The van der Waals surface area contributed by atoms with Gasteiger partial charge in [-0.3, -0.25) is 0 Å². The maximum atomic E-state index is 6.05. The molecule has 0 spiro atoms. The molecule has 1 nitrogen and oxygen atoms in total. The summed E-state index contributed by atoms with van der Waals surface area (Å²) in [6, 6.07) is 1.23. The fourth-order valence-electron chi connectivity index (χ4n) is 0.723. The van der Waals surface area contributed by atoms with E-state index in [1.54, 1.807) is 0 Å². The van der Waals surface area contributed by atoms with E-state index in [9.17, 15) is 0 Å². The molecule has 0 aromatic heterocycles. The number of hydrogen-bond donors (Lipinski definition) is 0. The van der Waals surface area contributed by atoms with E-state index in [0.717, 1.165) is 0 Å². The van der Waals surface area contributed by atoms with Gasteiger partial charge in [-0.05, 0) is 26.1 Å². The molecule has 1 unspecified atom stereocenters. The molecule has 0 aliphatic heterocycles. The molecule has 0 saturated carbocycles. The zero-order valence-electron chi connectivity index (χ0n) is 8.77. The van der Waals surface area contributed by atoms with Crippen LogP contribution in [0.25, 0.3) is 0 Å². The third-order valence-corrected chi connectivity index (χ3v) is 7.29. The predicted molar refractivity (Wildman–Crippen MR) is 57.4 cm³/mol. The van der Waals surface area contributed by atoms with Gasteiger partial charge in [0.2, 0.25) is 0 Å². The van der Waals surface area contributed by atoms with Gasteiger partial charge in [-0.25, -0.2) is 0 Å². The summed E-state index contributed by atoms with van der Waals surface area (Å²) in [6.07, 6.45) is 0. The Morgan fingerprint density at radius 3 is 2.09 bits per heavy atom. The van der Waals surface area contributed by atoms with Crippen molar-refractivity contribution in [2.24, 2.45) is 0 Å². The topological polar surface area (TPSA) is 9.23 Å². The van der Waals surface area contributed by atoms with Crippen LogP contribution >= 0.6 is 0 Å². The largest absolute Gasteiger partial charge is 0.418 e. The maximum Gasteiger partial charge on any atom is 0.186 e. The highest BCUT2D eigenvalue weighted by atomic mass is 28.4. The summed E-state index contributed by atoms with van der Waals surface area (Å²) in [4.78, 5) is 0. The summed E-state index contributed by atoms with van der Waals surface area (Å²) in [5.41, 5.74) is 0.566. The van der Waals surface area contributed by atoms with Gasteiger partial charge < -0.3 is 4.43 Å². The summed E-state index contributed by atoms with van der Waals surface area (Å²) < 4.78 is 6.05. The molecule has 0 aromatic carbocycles. The minimum absolute atomic E-state index is 0.566. The molecule has 0 aromatic rings. The van der Waals surface area contributed by atoms with Crippen LogP contribution in [-0.4, -0.2) is 22.8 Å². The van der Waals surface area contributed by atoms with Gasteiger partial charge in [0.25, 0.3) is 0 Å². The Kier molecular flexibility index (Phi) is 4.59. The van der Waals surface area contributed by atoms with Gasteiger partial charge in [0.05, 0.1) is 8.80 Å². The Bertz CT molecular complexity index is 113. The molecule has 0 aliphatic carbocycles. The third-order valence-electron chi connectivity index (χ3n) is 2.30. The van der Waals surface area contributed by atoms with Gasteiger partial charge >= 0.3 is 0 Å². The molecule has 3 heteroatoms. The van der Waals surface area contributed by atoms with Crippen LogP contribution in [0.3, 0.4) is 0 Å². The summed E-state index contributed by atoms with van der Waals surface area (Å²) in [7, 11) is -1.83. The van der Waals surface area contributed by atoms with Gasteiger partial charge in [0.1, 0.15) is 0 Å². The quantitative estimate of drug-likeness (QED) is 0.619. The number of hydrogen-bond acceptors (Lipinski definition) is 1. The molecule has 0 N–H and O–H groups in total. The van der Waals surface area contributed by atoms with Crippen LogP contribution in [0.15, 0.2) is 0 Å². The first-order chi connectivity index (χ1) is 4.89. The van der Waals surface area contributed by atoms with E-state index < -0.39 is 17.1 Å². The first-order valence-electron chi connectivity index (χ1n) is 4.57. The van der Waals surface area contributed by atoms with Gasteiger partial charge in [0.15, 0.2) is 8.32 Å². The number of rotatable bonds is 4. The summed E-state index contributed by atoms with van der Waals surface area (Å²) in [6.45, 7) is 13.8. The lowest BCUT2D eigenvalue weighted by atomic mass is 10.9. The highest BCUT2D eigenvalue weighted by Crippen LogP contribution is 2.13. The second-order valence-electron chi connectivity index (χ2n) is 4.18. The molecule has 0 rings (SSSR count). The Morgan fingerprint density at radius 1 is 1.36 bits per heavy atom. The van der Waals surface area contributed by atoms with E-state index in [1.807, 2.05) is 0 Å². The lowest BCUT2D eigenvalue weighted by Crippen LogP contribution is -2.38. The molecular weight excluding hydrogens is 168 g/mol. The van der Waals surface area contributed by atoms with Crippen molar-refractivity contribution in [1.82, 2.24) is 0 Å². The molecule has 0 aliphatic rings. The molecule has 0 amide bonds. The minimum atomic E-state index is -1.27. The van der Waals surface area contributed by atoms with E-state index in [4.69, 9.17) is 4.43 Å². The average Bonchev–Trinajstić information content (AvgIpc) is 1.87. The van der Waals surface area contributed by atoms with Gasteiger partial charge in [0, 0.05) is 5.73 Å². The van der Waals surface area contributed by atoms with Crippen molar-refractivity contribution in [3.8, 4) is 0 Å². The lowest BCUT2D eigenvalue weighted by Gasteiger charge is -2.27. The van der Waals surface area contributed by atoms with E-state index >= 15 is 0 Å². The fourth-order valence-corrected chi connectivity index (χ4v) is 4.09. The molecule has 0 radical (unpaired) electrons. The Morgan fingerprint density at radius 2 is 1.82 bits per heavy atom. The first-order valence-corrected chi connectivity index (χ1v) is 10.7. The molecular formula is C8H22OSi2. The summed E-state index contributed by atoms with van der Waals surface area (Å²) >= 11 is 0. The molecule has 11 heavy (non-hydrogen) atoms. The molecule has 0 bridgehead atoms. The Labute approximate surface area is 73.9 Å². The lowest BCUT2D eigenvalue weighted by molar-refractivity contribution is 0.283. The van der Waals surface area contributed by atoms with Crippen molar-refractivity contribution >= 4 is 17.1 Å². The fraction of sp³-hybridized carbons (Fsp3) is 1.00. The van der Waals surface area contributed by atoms with E-state index in [1.165, 1.54) is 6.04 Å². The van der Waals surface area contributed by atoms with E-state index in [2.05, 4.69) is 40.0 Å². The van der Waals surface area contributed by atoms with Crippen LogP contribution in [0.5, 0.6) is 0 Å². The predicted octanol–water partition coefficient (Wildman–Crippen LogP) is 2.64. The van der Waals surface area contributed by atoms with Crippen molar-refractivity contribution in [2.45, 2.75) is 51.8 Å². The minimum Gasteiger partial charge on any atom is -0.418 e. The van der Waals surface area contributed by atoms with Crippen molar-refractivity contribution < 1.29 is 4.43 Å². The SMILES string of the molecule is CC[Si](C)(C)OC(C)[SiH](C)C. The highest BCUT2D eigenvalue weighted by Gasteiger charge is 2.23. The molecule has 0 heterocycles. The molecule has 0 fully saturated rings. The van der Waals surface area contributed by atoms with Crippen molar-refractivity contribution in [2.75, 3.05) is 0 Å². The van der Waals surface area contributed by atoms with Crippen LogP contribution in [0.4, 0.5) is 0 Å². The van der Waals surface area contributed by atoms with Gasteiger partial charge in [-0.15, -0.1) is 0 Å². The zero-order chi connectivity index (χ0) is 9.07. The van der Waals surface area contributed by atoms with E-state index in [0.29, 0.717) is 5.73 Å². The first kappa shape index (κ1) is 11.4. The maximum absolute atomic E-state index is 6.05. The van der Waals surface area contributed by atoms with Gasteiger partial charge in [-0.1, -0.05) is 20.0 Å². The molecule has 1 atom stereocenters. The molecule has 0 saturated heterocycles. The highest BCUT2D eigenvalue weighted by molar-refractivity contribution is 6.72. The average molecular weight is 190 g/mol. The zero-order valence-corrected chi connectivity index (χ0v) is 10.9. The van der Waals surface area contributed by atoms with Crippen molar-refractivity contribution in [3.05, 3.63) is 0 Å². The van der Waals surface area contributed by atoms with Crippen molar-refractivity contribution in [1.29, 1.82) is 0 Å². The summed E-state index contributed by atoms with van der Waals surface area (Å²) in [5.74, 6) is 0. The Balaban J connectivity index is 3.83. The monoisotopic (exact) mass is 190 g/mol. The van der Waals surface area contributed by atoms with Crippen LogP contribution in [0.1, 0.15) is 13.8 Å². The van der Waals surface area contributed by atoms with Crippen LogP contribution in [0, 0.1) is 0 Å². The van der Waals surface area contributed by atoms with Crippen molar-refractivity contribution in [3.63, 3.8) is 0 Å². The standard InChI is InChI=1S/C8H22OSi2/c1-7-11(5,6)9-8(2)10(3)4/h8,10H,7H2,1-6H3. The van der Waals surface area contributed by atoms with Crippen LogP contribution in [0.2, 0.25) is 32.2 Å². The second kappa shape index (κ2) is 4.43. The van der Waals surface area contributed by atoms with Crippen LogP contribution < -0.4 is 0 Å². The molecule has 68 valence electrons. The second-order valence-corrected chi connectivity index (χ2v) is 12.1. The summed E-state index contributed by atoms with van der Waals surface area (Å²) in [5, 5.41) is 0. The normalized spacial score (nSPS) is 15.5. The Hall–Kier alpha value is 0.394.